The molecule has 0 radical (unpaired) electrons. The number of hydrogen-bond acceptors (Lipinski definition) is 4. The Hall–Kier alpha value is -1.14. The summed E-state index contributed by atoms with van der Waals surface area (Å²) in [5, 5.41) is 20.4. The molecule has 0 saturated heterocycles. The molecule has 0 saturated carbocycles. The number of primary amides is 1. The van der Waals surface area contributed by atoms with Crippen molar-refractivity contribution in [2.24, 2.45) is 5.73 Å². The number of rotatable bonds is 9. The number of aliphatic hydroxyl groups excluding tert-OH is 1. The molecule has 0 bridgehead atoms. The highest BCUT2D eigenvalue weighted by molar-refractivity contribution is 5.73. The maximum absolute atomic E-state index is 10.4. The molecular formula is C9H18N2O4. The minimum absolute atomic E-state index is 0.253. The van der Waals surface area contributed by atoms with E-state index in [9.17, 15) is 9.59 Å². The van der Waals surface area contributed by atoms with E-state index in [2.05, 4.69) is 5.32 Å². The summed E-state index contributed by atoms with van der Waals surface area (Å²) in [6.07, 6.45) is 0.729. The van der Waals surface area contributed by atoms with Crippen LogP contribution in [0.4, 0.5) is 0 Å². The highest BCUT2D eigenvalue weighted by Gasteiger charge is 2.07. The first-order chi connectivity index (χ1) is 7.02. The average molecular weight is 218 g/mol. The van der Waals surface area contributed by atoms with E-state index in [1.807, 2.05) is 0 Å². The largest absolute Gasteiger partial charge is 0.481 e. The van der Waals surface area contributed by atoms with Crippen molar-refractivity contribution >= 4 is 11.9 Å². The fourth-order valence-electron chi connectivity index (χ4n) is 1.09. The number of hydrogen-bond donors (Lipinski definition) is 4. The van der Waals surface area contributed by atoms with Gasteiger partial charge in [-0.05, 0) is 19.4 Å². The van der Waals surface area contributed by atoms with Gasteiger partial charge in [-0.2, -0.15) is 0 Å². The molecule has 1 unspecified atom stereocenters. The third-order valence-corrected chi connectivity index (χ3v) is 1.82. The van der Waals surface area contributed by atoms with Crippen LogP contribution in [0, 0.1) is 0 Å². The van der Waals surface area contributed by atoms with E-state index in [1.54, 1.807) is 0 Å². The lowest BCUT2D eigenvalue weighted by molar-refractivity contribution is -0.139. The zero-order chi connectivity index (χ0) is 11.7. The minimum Gasteiger partial charge on any atom is -0.481 e. The number of carbonyl (C=O) groups excluding carboxylic acids is 1. The van der Waals surface area contributed by atoms with Crippen LogP contribution in [0.1, 0.15) is 25.7 Å². The molecule has 15 heavy (non-hydrogen) atoms. The molecule has 0 aromatic rings. The van der Waals surface area contributed by atoms with Crippen LogP contribution in [-0.4, -0.2) is 41.3 Å². The van der Waals surface area contributed by atoms with E-state index in [0.29, 0.717) is 19.4 Å². The van der Waals surface area contributed by atoms with Crippen LogP contribution in [0.2, 0.25) is 0 Å². The first-order valence-corrected chi connectivity index (χ1v) is 4.91. The number of unbranched alkanes of at least 4 members (excludes halogenated alkanes) is 1. The van der Waals surface area contributed by atoms with Crippen molar-refractivity contribution < 1.29 is 19.8 Å². The van der Waals surface area contributed by atoms with Crippen molar-refractivity contribution in [1.29, 1.82) is 0 Å². The number of aliphatic hydroxyl groups is 1. The topological polar surface area (TPSA) is 113 Å². The van der Waals surface area contributed by atoms with E-state index in [4.69, 9.17) is 15.9 Å². The molecule has 6 heteroatoms. The standard InChI is InChI=1S/C9H18N2O4/c10-8(13)3-1-2-4-11-6-7(12)5-9(14)15/h7,11-12H,1-6H2,(H2,10,13)(H,14,15). The van der Waals surface area contributed by atoms with Gasteiger partial charge in [0.1, 0.15) is 0 Å². The maximum Gasteiger partial charge on any atom is 0.306 e. The lowest BCUT2D eigenvalue weighted by atomic mass is 10.2. The van der Waals surface area contributed by atoms with Gasteiger partial charge in [-0.1, -0.05) is 0 Å². The molecule has 1 atom stereocenters. The molecule has 0 aromatic carbocycles. The molecule has 0 spiro atoms. The number of carboxylic acid groups (broad SMARTS) is 1. The Labute approximate surface area is 88.5 Å². The number of carboxylic acids is 1. The molecule has 0 aromatic heterocycles. The van der Waals surface area contributed by atoms with Crippen molar-refractivity contribution in [2.75, 3.05) is 13.1 Å². The predicted octanol–water partition coefficient (Wildman–Crippen LogP) is -0.933. The molecule has 5 N–H and O–H groups in total. The Balaban J connectivity index is 3.23. The van der Waals surface area contributed by atoms with Gasteiger partial charge in [0.25, 0.3) is 0 Å². The van der Waals surface area contributed by atoms with E-state index in [1.165, 1.54) is 0 Å². The number of aliphatic carboxylic acids is 1. The Bertz CT molecular complexity index is 208. The van der Waals surface area contributed by atoms with Gasteiger partial charge < -0.3 is 21.3 Å². The highest BCUT2D eigenvalue weighted by atomic mass is 16.4. The summed E-state index contributed by atoms with van der Waals surface area (Å²) >= 11 is 0. The van der Waals surface area contributed by atoms with Crippen molar-refractivity contribution in [3.63, 3.8) is 0 Å². The van der Waals surface area contributed by atoms with Crippen molar-refractivity contribution in [2.45, 2.75) is 31.8 Å². The van der Waals surface area contributed by atoms with E-state index >= 15 is 0 Å². The summed E-state index contributed by atoms with van der Waals surface area (Å²) in [5.41, 5.74) is 4.95. The summed E-state index contributed by atoms with van der Waals surface area (Å²) in [5.74, 6) is -1.33. The highest BCUT2D eigenvalue weighted by Crippen LogP contribution is 1.93. The summed E-state index contributed by atoms with van der Waals surface area (Å²) < 4.78 is 0. The van der Waals surface area contributed by atoms with Crippen LogP contribution in [0.15, 0.2) is 0 Å². The molecule has 0 rings (SSSR count). The minimum atomic E-state index is -1.02. The van der Waals surface area contributed by atoms with Gasteiger partial charge in [0, 0.05) is 13.0 Å². The Morgan fingerprint density at radius 1 is 1.33 bits per heavy atom. The summed E-state index contributed by atoms with van der Waals surface area (Å²) in [6.45, 7) is 0.896. The summed E-state index contributed by atoms with van der Waals surface area (Å²) in [6, 6.07) is 0. The zero-order valence-electron chi connectivity index (χ0n) is 8.61. The van der Waals surface area contributed by atoms with Crippen LogP contribution < -0.4 is 11.1 Å². The maximum atomic E-state index is 10.4. The fourth-order valence-corrected chi connectivity index (χ4v) is 1.09. The first-order valence-electron chi connectivity index (χ1n) is 4.91. The van der Waals surface area contributed by atoms with E-state index < -0.39 is 12.1 Å². The Morgan fingerprint density at radius 3 is 2.53 bits per heavy atom. The Morgan fingerprint density at radius 2 is 2.00 bits per heavy atom. The second-order valence-corrected chi connectivity index (χ2v) is 3.38. The third kappa shape index (κ3) is 10.8. The van der Waals surface area contributed by atoms with Crippen molar-refractivity contribution in [3.05, 3.63) is 0 Å². The number of nitrogens with one attached hydrogen (secondary N) is 1. The molecule has 6 nitrogen and oxygen atoms in total. The van der Waals surface area contributed by atoms with Crippen molar-refractivity contribution in [1.82, 2.24) is 5.32 Å². The van der Waals surface area contributed by atoms with Gasteiger partial charge in [0.15, 0.2) is 0 Å². The predicted molar refractivity (Wildman–Crippen MR) is 54.2 cm³/mol. The monoisotopic (exact) mass is 218 g/mol. The van der Waals surface area contributed by atoms with Crippen LogP contribution in [-0.2, 0) is 9.59 Å². The van der Waals surface area contributed by atoms with Gasteiger partial charge >= 0.3 is 5.97 Å². The molecule has 0 heterocycles. The molecule has 0 aliphatic carbocycles. The van der Waals surface area contributed by atoms with Crippen molar-refractivity contribution in [3.8, 4) is 0 Å². The quantitative estimate of drug-likeness (QED) is 0.373. The lowest BCUT2D eigenvalue weighted by Gasteiger charge is -2.08. The molecular weight excluding hydrogens is 200 g/mol. The first kappa shape index (κ1) is 13.9. The van der Waals surface area contributed by atoms with E-state index in [-0.39, 0.29) is 18.9 Å². The summed E-state index contributed by atoms with van der Waals surface area (Å²) in [4.78, 5) is 20.5. The third-order valence-electron chi connectivity index (χ3n) is 1.82. The van der Waals surface area contributed by atoms with Gasteiger partial charge in [0.2, 0.25) is 5.91 Å². The smallest absolute Gasteiger partial charge is 0.306 e. The molecule has 0 fully saturated rings. The van der Waals surface area contributed by atoms with Gasteiger partial charge in [-0.25, -0.2) is 0 Å². The molecule has 0 aliphatic heterocycles. The van der Waals surface area contributed by atoms with Gasteiger partial charge in [-0.3, -0.25) is 9.59 Å². The molecule has 88 valence electrons. The average Bonchev–Trinajstić information content (AvgIpc) is 2.09. The number of nitrogens with two attached hydrogens (primary N) is 1. The van der Waals surface area contributed by atoms with Crippen LogP contribution >= 0.6 is 0 Å². The normalized spacial score (nSPS) is 12.3. The second kappa shape index (κ2) is 8.19. The summed E-state index contributed by atoms with van der Waals surface area (Å²) in [7, 11) is 0. The van der Waals surface area contributed by atoms with Gasteiger partial charge in [0.05, 0.1) is 12.5 Å². The fraction of sp³-hybridized carbons (Fsp3) is 0.778. The molecule has 1 amide bonds. The second-order valence-electron chi connectivity index (χ2n) is 3.38. The van der Waals surface area contributed by atoms with Gasteiger partial charge in [-0.15, -0.1) is 0 Å². The number of carbonyl (C=O) groups is 2. The lowest BCUT2D eigenvalue weighted by Crippen LogP contribution is -2.29. The number of amides is 1. The SMILES string of the molecule is NC(=O)CCCCNCC(O)CC(=O)O. The molecule has 0 aliphatic rings. The van der Waals surface area contributed by atoms with Crippen LogP contribution in [0.5, 0.6) is 0 Å². The van der Waals surface area contributed by atoms with E-state index in [0.717, 1.165) is 6.42 Å². The van der Waals surface area contributed by atoms with Crippen LogP contribution in [0.3, 0.4) is 0 Å². The van der Waals surface area contributed by atoms with Crippen LogP contribution in [0.25, 0.3) is 0 Å². The zero-order valence-corrected chi connectivity index (χ0v) is 8.61. The Kier molecular flexibility index (Phi) is 7.57.